The Morgan fingerprint density at radius 1 is 1.18 bits per heavy atom. The number of imidazole rings is 1. The second-order valence-corrected chi connectivity index (χ2v) is 7.03. The monoisotopic (exact) mass is 394 g/mol. The van der Waals surface area contributed by atoms with Crippen molar-refractivity contribution in [3.63, 3.8) is 0 Å². The molecule has 0 radical (unpaired) electrons. The molecule has 0 bridgehead atoms. The third kappa shape index (κ3) is 3.48. The number of amides is 1. The van der Waals surface area contributed by atoms with Gasteiger partial charge in [-0.05, 0) is 30.7 Å². The maximum absolute atomic E-state index is 12.8. The van der Waals surface area contributed by atoms with E-state index in [-0.39, 0.29) is 5.91 Å². The molecule has 0 saturated carbocycles. The summed E-state index contributed by atoms with van der Waals surface area (Å²) < 4.78 is 3.61. The van der Waals surface area contributed by atoms with Gasteiger partial charge < -0.3 is 9.30 Å². The minimum absolute atomic E-state index is 0.198. The number of benzene rings is 1. The van der Waals surface area contributed by atoms with E-state index in [9.17, 15) is 4.79 Å². The minimum atomic E-state index is -0.198. The van der Waals surface area contributed by atoms with Crippen LogP contribution in [0.5, 0.6) is 0 Å². The Labute approximate surface area is 167 Å². The van der Waals surface area contributed by atoms with Crippen LogP contribution >= 0.6 is 11.6 Å². The predicted molar refractivity (Wildman–Crippen MR) is 106 cm³/mol. The van der Waals surface area contributed by atoms with Crippen LogP contribution in [0.2, 0.25) is 5.02 Å². The molecule has 28 heavy (non-hydrogen) atoms. The van der Waals surface area contributed by atoms with Crippen LogP contribution in [0.3, 0.4) is 0 Å². The first-order valence-electron chi connectivity index (χ1n) is 8.84. The zero-order chi connectivity index (χ0) is 19.7. The first kappa shape index (κ1) is 18.2. The number of hydrogen-bond donors (Lipinski definition) is 0. The van der Waals surface area contributed by atoms with Gasteiger partial charge in [0.05, 0.1) is 30.7 Å². The van der Waals surface area contributed by atoms with Crippen molar-refractivity contribution in [1.29, 1.82) is 0 Å². The molecule has 0 N–H and O–H groups in total. The summed E-state index contributed by atoms with van der Waals surface area (Å²) >= 11 is 6.19. The smallest absolute Gasteiger partial charge is 0.276 e. The highest BCUT2D eigenvalue weighted by Gasteiger charge is 2.19. The zero-order valence-corrected chi connectivity index (χ0v) is 16.3. The van der Waals surface area contributed by atoms with Crippen molar-refractivity contribution in [3.8, 4) is 0 Å². The summed E-state index contributed by atoms with van der Waals surface area (Å²) in [6.45, 7) is 2.82. The highest BCUT2D eigenvalue weighted by atomic mass is 35.5. The van der Waals surface area contributed by atoms with Crippen LogP contribution < -0.4 is 0 Å². The Bertz CT molecular complexity index is 1150. The summed E-state index contributed by atoms with van der Waals surface area (Å²) in [5.41, 5.74) is 3.94. The van der Waals surface area contributed by atoms with Gasteiger partial charge in [0, 0.05) is 18.3 Å². The summed E-state index contributed by atoms with van der Waals surface area (Å²) in [5.74, 6) is -0.198. The zero-order valence-electron chi connectivity index (χ0n) is 15.6. The molecule has 0 atom stereocenters. The van der Waals surface area contributed by atoms with Gasteiger partial charge >= 0.3 is 0 Å². The van der Waals surface area contributed by atoms with Crippen LogP contribution in [0, 0.1) is 6.92 Å². The average Bonchev–Trinajstić information content (AvgIpc) is 3.28. The third-order valence-corrected chi connectivity index (χ3v) is 4.98. The van der Waals surface area contributed by atoms with Crippen molar-refractivity contribution in [3.05, 3.63) is 82.5 Å². The van der Waals surface area contributed by atoms with Crippen molar-refractivity contribution >= 4 is 23.2 Å². The number of carbonyl (C=O) groups excluding carboxylic acids is 1. The van der Waals surface area contributed by atoms with E-state index < -0.39 is 0 Å². The van der Waals surface area contributed by atoms with Crippen LogP contribution in [0.15, 0.2) is 54.9 Å². The molecule has 4 aromatic rings. The van der Waals surface area contributed by atoms with Crippen LogP contribution in [0.1, 0.15) is 27.4 Å². The quantitative estimate of drug-likeness (QED) is 0.521. The Kier molecular flexibility index (Phi) is 4.83. The van der Waals surface area contributed by atoms with E-state index in [0.717, 1.165) is 22.6 Å². The summed E-state index contributed by atoms with van der Waals surface area (Å²) in [6.07, 6.45) is 3.59. The Hall–Kier alpha value is -3.19. The number of nitrogens with zero attached hydrogens (tertiary/aromatic N) is 6. The van der Waals surface area contributed by atoms with Gasteiger partial charge in [-0.2, -0.15) is 0 Å². The predicted octanol–water partition coefficient (Wildman–Crippen LogP) is 3.21. The Morgan fingerprint density at radius 3 is 2.79 bits per heavy atom. The highest BCUT2D eigenvalue weighted by molar-refractivity contribution is 6.31. The van der Waals surface area contributed by atoms with Crippen molar-refractivity contribution < 1.29 is 4.79 Å². The number of rotatable bonds is 5. The van der Waals surface area contributed by atoms with Crippen molar-refractivity contribution in [2.75, 3.05) is 7.05 Å². The van der Waals surface area contributed by atoms with Crippen LogP contribution in [-0.2, 0) is 13.1 Å². The molecule has 8 heteroatoms. The summed E-state index contributed by atoms with van der Waals surface area (Å²) in [6, 6.07) is 13.4. The molecular weight excluding hydrogens is 376 g/mol. The van der Waals surface area contributed by atoms with Crippen LogP contribution in [0.25, 0.3) is 5.65 Å². The number of carbonyl (C=O) groups is 1. The van der Waals surface area contributed by atoms with E-state index in [2.05, 4.69) is 15.3 Å². The number of hydrogen-bond acceptors (Lipinski definition) is 4. The fraction of sp³-hybridized carbons (Fsp3) is 0.200. The SMILES string of the molecule is Cc1nc2ccccn2c1CN(C)C(=O)c1cn(Cc2ccccc2Cl)nn1. The topological polar surface area (TPSA) is 68.3 Å². The number of fused-ring (bicyclic) bond motifs is 1. The van der Waals surface area contributed by atoms with E-state index in [4.69, 9.17) is 11.6 Å². The molecule has 0 saturated heterocycles. The molecule has 0 aliphatic heterocycles. The lowest BCUT2D eigenvalue weighted by atomic mass is 10.2. The highest BCUT2D eigenvalue weighted by Crippen LogP contribution is 2.17. The van der Waals surface area contributed by atoms with E-state index in [1.165, 1.54) is 0 Å². The molecule has 1 amide bonds. The minimum Gasteiger partial charge on any atom is -0.334 e. The molecule has 3 aromatic heterocycles. The molecule has 0 spiro atoms. The van der Waals surface area contributed by atoms with Gasteiger partial charge in [-0.1, -0.05) is 41.1 Å². The number of aryl methyl sites for hydroxylation is 1. The Balaban J connectivity index is 1.51. The standard InChI is InChI=1S/C20H19ClN6O/c1-14-18(27-10-6-5-9-19(27)22-14)13-25(2)20(28)17-12-26(24-23-17)11-15-7-3-4-8-16(15)21/h3-10,12H,11,13H2,1-2H3. The largest absolute Gasteiger partial charge is 0.334 e. The maximum Gasteiger partial charge on any atom is 0.276 e. The van der Waals surface area contributed by atoms with Crippen LogP contribution in [-0.4, -0.2) is 42.2 Å². The van der Waals surface area contributed by atoms with Gasteiger partial charge in [0.1, 0.15) is 5.65 Å². The average molecular weight is 395 g/mol. The van der Waals surface area contributed by atoms with E-state index in [0.29, 0.717) is 23.8 Å². The third-order valence-electron chi connectivity index (χ3n) is 4.61. The maximum atomic E-state index is 12.8. The first-order chi connectivity index (χ1) is 13.5. The molecule has 0 unspecified atom stereocenters. The van der Waals surface area contributed by atoms with Crippen molar-refractivity contribution in [2.45, 2.75) is 20.0 Å². The van der Waals surface area contributed by atoms with Crippen molar-refractivity contribution in [2.24, 2.45) is 0 Å². The summed E-state index contributed by atoms with van der Waals surface area (Å²) in [5, 5.41) is 8.76. The van der Waals surface area contributed by atoms with E-state index in [1.54, 1.807) is 22.8 Å². The lowest BCUT2D eigenvalue weighted by Crippen LogP contribution is -2.27. The molecule has 0 aliphatic rings. The van der Waals surface area contributed by atoms with Gasteiger partial charge in [-0.15, -0.1) is 5.10 Å². The molecule has 3 heterocycles. The second kappa shape index (κ2) is 7.44. The first-order valence-corrected chi connectivity index (χ1v) is 9.22. The van der Waals surface area contributed by atoms with Crippen LogP contribution in [0.4, 0.5) is 0 Å². The number of pyridine rings is 1. The second-order valence-electron chi connectivity index (χ2n) is 6.63. The normalized spacial score (nSPS) is 11.1. The molecule has 1 aromatic carbocycles. The van der Waals surface area contributed by atoms with Crippen molar-refractivity contribution in [1.82, 2.24) is 29.3 Å². The molecule has 142 valence electrons. The molecule has 4 rings (SSSR count). The lowest BCUT2D eigenvalue weighted by molar-refractivity contribution is 0.0777. The molecule has 7 nitrogen and oxygen atoms in total. The Morgan fingerprint density at radius 2 is 1.96 bits per heavy atom. The van der Waals surface area contributed by atoms with Gasteiger partial charge in [0.2, 0.25) is 0 Å². The summed E-state index contributed by atoms with van der Waals surface area (Å²) in [4.78, 5) is 19.0. The van der Waals surface area contributed by atoms with Gasteiger partial charge in [-0.3, -0.25) is 4.79 Å². The molecular formula is C20H19ClN6O. The van der Waals surface area contributed by atoms with E-state index >= 15 is 0 Å². The molecule has 0 fully saturated rings. The fourth-order valence-corrected chi connectivity index (χ4v) is 3.32. The lowest BCUT2D eigenvalue weighted by Gasteiger charge is -2.16. The van der Waals surface area contributed by atoms with E-state index in [1.807, 2.05) is 60.0 Å². The van der Waals surface area contributed by atoms with Gasteiger partial charge in [-0.25, -0.2) is 9.67 Å². The molecule has 0 aliphatic carbocycles. The number of halogens is 1. The van der Waals surface area contributed by atoms with Gasteiger partial charge in [0.15, 0.2) is 5.69 Å². The van der Waals surface area contributed by atoms with Gasteiger partial charge in [0.25, 0.3) is 5.91 Å². The number of aromatic nitrogens is 5. The summed E-state index contributed by atoms with van der Waals surface area (Å²) in [7, 11) is 1.75. The fourth-order valence-electron chi connectivity index (χ4n) is 3.12.